The third kappa shape index (κ3) is 3.17. The number of hydrogen-bond donors (Lipinski definition) is 1. The van der Waals surface area contributed by atoms with Gasteiger partial charge in [0.05, 0.1) is 7.11 Å². The Kier molecular flexibility index (Phi) is 3.64. The first-order chi connectivity index (χ1) is 8.11. The third-order valence-corrected chi connectivity index (χ3v) is 3.09. The van der Waals surface area contributed by atoms with Crippen molar-refractivity contribution in [3.63, 3.8) is 0 Å². The van der Waals surface area contributed by atoms with Gasteiger partial charge >= 0.3 is 0 Å². The van der Waals surface area contributed by atoms with Gasteiger partial charge in [-0.15, -0.1) is 0 Å². The lowest BCUT2D eigenvalue weighted by Gasteiger charge is -2.39. The van der Waals surface area contributed by atoms with Crippen LogP contribution >= 0.6 is 0 Å². The average Bonchev–Trinajstić information content (AvgIpc) is 2.28. The highest BCUT2D eigenvalue weighted by atomic mass is 16.5. The van der Waals surface area contributed by atoms with Crippen LogP contribution < -0.4 is 10.1 Å². The predicted octanol–water partition coefficient (Wildman–Crippen LogP) is 1.27. The van der Waals surface area contributed by atoms with Crippen LogP contribution in [0.3, 0.4) is 0 Å². The molecule has 1 N–H and O–H groups in total. The van der Waals surface area contributed by atoms with Crippen molar-refractivity contribution in [1.29, 1.82) is 0 Å². The molecule has 0 saturated carbocycles. The van der Waals surface area contributed by atoms with Crippen LogP contribution in [0.1, 0.15) is 19.4 Å². The lowest BCUT2D eigenvalue weighted by atomic mass is 10.0. The second-order valence-electron chi connectivity index (χ2n) is 5.19. The van der Waals surface area contributed by atoms with E-state index >= 15 is 0 Å². The maximum absolute atomic E-state index is 5.29. The second kappa shape index (κ2) is 5.02. The van der Waals surface area contributed by atoms with E-state index in [1.54, 1.807) is 13.3 Å². The van der Waals surface area contributed by atoms with Crippen LogP contribution in [0.25, 0.3) is 0 Å². The number of nitrogens with one attached hydrogen (secondary N) is 1. The summed E-state index contributed by atoms with van der Waals surface area (Å²) >= 11 is 0. The van der Waals surface area contributed by atoms with Gasteiger partial charge in [-0.3, -0.25) is 4.90 Å². The Morgan fingerprint density at radius 1 is 1.53 bits per heavy atom. The SMILES string of the molecule is COc1ncccc1CN1CCNC(C)(C)C1. The Balaban J connectivity index is 2.05. The number of methoxy groups -OCH3 is 1. The number of aromatic nitrogens is 1. The topological polar surface area (TPSA) is 37.4 Å². The molecule has 0 aliphatic carbocycles. The van der Waals surface area contributed by atoms with Gasteiger partial charge in [0.2, 0.25) is 5.88 Å². The molecular weight excluding hydrogens is 214 g/mol. The highest BCUT2D eigenvalue weighted by Gasteiger charge is 2.25. The van der Waals surface area contributed by atoms with E-state index < -0.39 is 0 Å². The molecule has 0 unspecified atom stereocenters. The van der Waals surface area contributed by atoms with E-state index in [1.807, 2.05) is 6.07 Å². The summed E-state index contributed by atoms with van der Waals surface area (Å²) in [5.74, 6) is 0.740. The molecule has 1 saturated heterocycles. The van der Waals surface area contributed by atoms with Crippen molar-refractivity contribution in [2.45, 2.75) is 25.9 Å². The van der Waals surface area contributed by atoms with E-state index in [2.05, 4.69) is 35.1 Å². The van der Waals surface area contributed by atoms with Crippen molar-refractivity contribution in [3.05, 3.63) is 23.9 Å². The van der Waals surface area contributed by atoms with Gasteiger partial charge in [-0.25, -0.2) is 4.98 Å². The van der Waals surface area contributed by atoms with Crippen molar-refractivity contribution in [2.75, 3.05) is 26.7 Å². The van der Waals surface area contributed by atoms with Crippen molar-refractivity contribution in [3.8, 4) is 5.88 Å². The van der Waals surface area contributed by atoms with E-state index in [9.17, 15) is 0 Å². The van der Waals surface area contributed by atoms with Gasteiger partial charge in [-0.05, 0) is 19.9 Å². The molecule has 17 heavy (non-hydrogen) atoms. The van der Waals surface area contributed by atoms with Crippen molar-refractivity contribution in [1.82, 2.24) is 15.2 Å². The van der Waals surface area contributed by atoms with E-state index in [4.69, 9.17) is 4.74 Å². The van der Waals surface area contributed by atoms with Crippen molar-refractivity contribution in [2.24, 2.45) is 0 Å². The molecule has 0 radical (unpaired) electrons. The third-order valence-electron chi connectivity index (χ3n) is 3.09. The summed E-state index contributed by atoms with van der Waals surface area (Å²) < 4.78 is 5.29. The summed E-state index contributed by atoms with van der Waals surface area (Å²) in [4.78, 5) is 6.68. The van der Waals surface area contributed by atoms with Gasteiger partial charge in [0.15, 0.2) is 0 Å². The van der Waals surface area contributed by atoms with Crippen LogP contribution in [0, 0.1) is 0 Å². The zero-order valence-electron chi connectivity index (χ0n) is 10.9. The van der Waals surface area contributed by atoms with Crippen LogP contribution in [0.4, 0.5) is 0 Å². The number of ether oxygens (including phenoxy) is 1. The first-order valence-corrected chi connectivity index (χ1v) is 6.06. The molecule has 1 aromatic rings. The minimum absolute atomic E-state index is 0.188. The molecule has 1 aliphatic heterocycles. The second-order valence-corrected chi connectivity index (χ2v) is 5.19. The lowest BCUT2D eigenvalue weighted by Crippen LogP contribution is -2.56. The van der Waals surface area contributed by atoms with Crippen molar-refractivity contribution < 1.29 is 4.74 Å². The summed E-state index contributed by atoms with van der Waals surface area (Å²) in [7, 11) is 1.67. The zero-order chi connectivity index (χ0) is 12.3. The number of pyridine rings is 1. The van der Waals surface area contributed by atoms with Crippen LogP contribution in [0.2, 0.25) is 0 Å². The Morgan fingerprint density at radius 3 is 3.06 bits per heavy atom. The quantitative estimate of drug-likeness (QED) is 0.856. The molecule has 0 amide bonds. The first kappa shape index (κ1) is 12.3. The summed E-state index contributed by atoms with van der Waals surface area (Å²) in [5.41, 5.74) is 1.35. The Labute approximate surface area is 103 Å². The number of piperazine rings is 1. The monoisotopic (exact) mass is 235 g/mol. The summed E-state index contributed by atoms with van der Waals surface area (Å²) in [6, 6.07) is 4.05. The highest BCUT2D eigenvalue weighted by Crippen LogP contribution is 2.18. The van der Waals surface area contributed by atoms with Gasteiger partial charge in [0.1, 0.15) is 0 Å². The largest absolute Gasteiger partial charge is 0.481 e. The predicted molar refractivity (Wildman–Crippen MR) is 68.1 cm³/mol. The Bertz CT molecular complexity index is 379. The van der Waals surface area contributed by atoms with E-state index in [0.717, 1.165) is 37.6 Å². The van der Waals surface area contributed by atoms with Gasteiger partial charge in [0, 0.05) is 43.5 Å². The summed E-state index contributed by atoms with van der Waals surface area (Å²) in [6.45, 7) is 8.53. The van der Waals surface area contributed by atoms with Crippen LogP contribution in [-0.4, -0.2) is 42.2 Å². The molecule has 0 bridgehead atoms. The minimum atomic E-state index is 0.188. The fourth-order valence-corrected chi connectivity index (χ4v) is 2.35. The van der Waals surface area contributed by atoms with Crippen LogP contribution in [0.5, 0.6) is 5.88 Å². The van der Waals surface area contributed by atoms with Gasteiger partial charge in [-0.1, -0.05) is 6.07 Å². The molecule has 2 heterocycles. The molecule has 1 aromatic heterocycles. The maximum atomic E-state index is 5.29. The van der Waals surface area contributed by atoms with Crippen LogP contribution in [0.15, 0.2) is 18.3 Å². The van der Waals surface area contributed by atoms with E-state index in [-0.39, 0.29) is 5.54 Å². The molecule has 1 fully saturated rings. The van der Waals surface area contributed by atoms with Gasteiger partial charge in [-0.2, -0.15) is 0 Å². The standard InChI is InChI=1S/C13H21N3O/c1-13(2)10-16(8-7-15-13)9-11-5-4-6-14-12(11)17-3/h4-6,15H,7-10H2,1-3H3. The molecule has 0 atom stereocenters. The minimum Gasteiger partial charge on any atom is -0.481 e. The molecule has 2 rings (SSSR count). The molecule has 0 aromatic carbocycles. The van der Waals surface area contributed by atoms with Crippen molar-refractivity contribution >= 4 is 0 Å². The first-order valence-electron chi connectivity index (χ1n) is 6.06. The number of rotatable bonds is 3. The molecule has 0 spiro atoms. The van der Waals surface area contributed by atoms with Gasteiger partial charge in [0.25, 0.3) is 0 Å². The smallest absolute Gasteiger partial charge is 0.217 e. The molecule has 4 nitrogen and oxygen atoms in total. The highest BCUT2D eigenvalue weighted by molar-refractivity contribution is 5.25. The Hall–Kier alpha value is -1.13. The molecule has 94 valence electrons. The summed E-state index contributed by atoms with van der Waals surface area (Å²) in [6.07, 6.45) is 1.77. The number of hydrogen-bond acceptors (Lipinski definition) is 4. The normalized spacial score (nSPS) is 20.2. The lowest BCUT2D eigenvalue weighted by molar-refractivity contribution is 0.147. The fraction of sp³-hybridized carbons (Fsp3) is 0.615. The van der Waals surface area contributed by atoms with E-state index in [0.29, 0.717) is 0 Å². The molecular formula is C13H21N3O. The summed E-state index contributed by atoms with van der Waals surface area (Å²) in [5, 5.41) is 3.51. The average molecular weight is 235 g/mol. The van der Waals surface area contributed by atoms with Crippen LogP contribution in [-0.2, 0) is 6.54 Å². The Morgan fingerprint density at radius 2 is 2.35 bits per heavy atom. The maximum Gasteiger partial charge on any atom is 0.217 e. The van der Waals surface area contributed by atoms with E-state index in [1.165, 1.54) is 0 Å². The zero-order valence-corrected chi connectivity index (χ0v) is 10.9. The molecule has 1 aliphatic rings. The molecule has 4 heteroatoms. The fourth-order valence-electron chi connectivity index (χ4n) is 2.35. The number of nitrogens with zero attached hydrogens (tertiary/aromatic N) is 2. The van der Waals surface area contributed by atoms with Gasteiger partial charge < -0.3 is 10.1 Å².